The monoisotopic (exact) mass is 532 g/mol. The van der Waals surface area contributed by atoms with Gasteiger partial charge in [0, 0.05) is 40.5 Å². The number of aromatic nitrogens is 1. The van der Waals surface area contributed by atoms with Gasteiger partial charge in [-0.1, -0.05) is 48.2 Å². The number of nitrogens with one attached hydrogen (secondary N) is 1. The molecule has 3 aromatic carbocycles. The quantitative estimate of drug-likeness (QED) is 0.147. The van der Waals surface area contributed by atoms with Crippen LogP contribution in [0.2, 0.25) is 0 Å². The Hall–Kier alpha value is -4.35. The predicted molar refractivity (Wildman–Crippen MR) is 146 cm³/mol. The molecule has 0 atom stereocenters. The van der Waals surface area contributed by atoms with Crippen molar-refractivity contribution in [2.45, 2.75) is 6.54 Å². The van der Waals surface area contributed by atoms with Gasteiger partial charge < -0.3 is 9.88 Å². The van der Waals surface area contributed by atoms with Crippen LogP contribution in [0.3, 0.4) is 0 Å². The molecule has 11 heteroatoms. The number of amides is 2. The van der Waals surface area contributed by atoms with Gasteiger partial charge in [-0.2, -0.15) is 0 Å². The van der Waals surface area contributed by atoms with E-state index in [0.717, 1.165) is 22.7 Å². The summed E-state index contributed by atoms with van der Waals surface area (Å²) in [5.41, 5.74) is 2.16. The molecule has 1 aliphatic rings. The average molecular weight is 533 g/mol. The molecule has 2 amide bonds. The molecule has 0 bridgehead atoms. The van der Waals surface area contributed by atoms with Crippen LogP contribution in [0, 0.1) is 15.9 Å². The topological polar surface area (TPSA) is 97.5 Å². The third kappa shape index (κ3) is 4.99. The van der Waals surface area contributed by atoms with Crippen LogP contribution in [-0.2, 0) is 16.1 Å². The van der Waals surface area contributed by atoms with Crippen LogP contribution in [0.5, 0.6) is 0 Å². The zero-order valence-electron chi connectivity index (χ0n) is 19.0. The summed E-state index contributed by atoms with van der Waals surface area (Å²) in [4.78, 5) is 38.2. The Labute approximate surface area is 219 Å². The number of hydrogen-bond donors (Lipinski definition) is 1. The Bertz CT molecular complexity index is 1610. The van der Waals surface area contributed by atoms with Crippen molar-refractivity contribution >= 4 is 74.2 Å². The van der Waals surface area contributed by atoms with Gasteiger partial charge in [0.2, 0.25) is 5.91 Å². The van der Waals surface area contributed by atoms with Crippen LogP contribution in [-0.4, -0.2) is 25.6 Å². The maximum Gasteiger partial charge on any atom is 0.271 e. The summed E-state index contributed by atoms with van der Waals surface area (Å²) < 4.78 is 15.2. The molecule has 1 fully saturated rings. The highest BCUT2D eigenvalue weighted by molar-refractivity contribution is 8.27. The number of hydrogen-bond acceptors (Lipinski definition) is 6. The van der Waals surface area contributed by atoms with Gasteiger partial charge in [-0.3, -0.25) is 24.6 Å². The van der Waals surface area contributed by atoms with E-state index in [1.807, 2.05) is 24.3 Å². The average Bonchev–Trinajstić information content (AvgIpc) is 3.36. The van der Waals surface area contributed by atoms with E-state index >= 15 is 0 Å². The highest BCUT2D eigenvalue weighted by Crippen LogP contribution is 2.38. The normalized spacial score (nSPS) is 14.5. The van der Waals surface area contributed by atoms with Crippen molar-refractivity contribution in [2.24, 2.45) is 0 Å². The molecule has 184 valence electrons. The zero-order valence-corrected chi connectivity index (χ0v) is 20.6. The Kier molecular flexibility index (Phi) is 6.55. The van der Waals surface area contributed by atoms with Gasteiger partial charge in [0.1, 0.15) is 12.4 Å². The number of carbonyl (C=O) groups is 2. The largest absolute Gasteiger partial charge is 0.337 e. The Morgan fingerprint density at radius 1 is 1.11 bits per heavy atom. The Morgan fingerprint density at radius 3 is 2.62 bits per heavy atom. The number of carbonyl (C=O) groups excluding carboxylic acids is 2. The van der Waals surface area contributed by atoms with Crippen molar-refractivity contribution in [1.29, 1.82) is 0 Å². The number of nitrogens with zero attached hydrogens (tertiary/aromatic N) is 3. The molecule has 37 heavy (non-hydrogen) atoms. The fourth-order valence-corrected chi connectivity index (χ4v) is 5.28. The van der Waals surface area contributed by atoms with Crippen LogP contribution in [0.15, 0.2) is 83.9 Å². The summed E-state index contributed by atoms with van der Waals surface area (Å²) in [7, 11) is 0. The highest BCUT2D eigenvalue weighted by Gasteiger charge is 2.34. The lowest BCUT2D eigenvalue weighted by Gasteiger charge is -2.13. The summed E-state index contributed by atoms with van der Waals surface area (Å²) in [6.45, 7) is 0.000369. The van der Waals surface area contributed by atoms with Crippen LogP contribution < -0.4 is 10.2 Å². The standard InChI is InChI=1S/C26H17FN4O4S2/c27-17-8-10-18(11-9-17)28-24(32)15-29-14-16(21-6-1-2-7-22(21)29)12-23-25(33)30(26(36)37-23)19-4-3-5-20(13-19)31(34)35/h1-14H,15H2,(H,28,32)/b23-12+. The fraction of sp³-hybridized carbons (Fsp3) is 0.0385. The summed E-state index contributed by atoms with van der Waals surface area (Å²) in [6.07, 6.45) is 3.47. The van der Waals surface area contributed by atoms with E-state index in [2.05, 4.69) is 5.32 Å². The third-order valence-corrected chi connectivity index (χ3v) is 6.94. The van der Waals surface area contributed by atoms with E-state index in [-0.39, 0.29) is 28.4 Å². The molecular weight excluding hydrogens is 515 g/mol. The number of thiocarbonyl (C=S) groups is 1. The van der Waals surface area contributed by atoms with Crippen LogP contribution >= 0.6 is 24.0 Å². The molecule has 5 rings (SSSR count). The molecule has 1 N–H and O–H groups in total. The van der Waals surface area contributed by atoms with E-state index < -0.39 is 10.7 Å². The highest BCUT2D eigenvalue weighted by atomic mass is 32.2. The molecule has 0 radical (unpaired) electrons. The lowest BCUT2D eigenvalue weighted by molar-refractivity contribution is -0.384. The maximum absolute atomic E-state index is 13.2. The SMILES string of the molecule is O=C(Cn1cc(/C=C2/SC(=S)N(c3cccc([N+](=O)[O-])c3)C2=O)c2ccccc21)Nc1ccc(F)cc1. The first-order valence-corrected chi connectivity index (χ1v) is 12.2. The number of nitro groups is 1. The number of halogens is 1. The molecule has 1 saturated heterocycles. The summed E-state index contributed by atoms with van der Waals surface area (Å²) in [5, 5.41) is 14.7. The first-order valence-electron chi connectivity index (χ1n) is 11.0. The molecule has 2 heterocycles. The minimum Gasteiger partial charge on any atom is -0.337 e. The maximum atomic E-state index is 13.2. The molecule has 1 aromatic heterocycles. The number of para-hydroxylation sites is 1. The van der Waals surface area contributed by atoms with Crippen molar-refractivity contribution in [1.82, 2.24) is 4.57 Å². The van der Waals surface area contributed by atoms with E-state index in [0.29, 0.717) is 21.8 Å². The number of anilines is 2. The number of rotatable bonds is 6. The second-order valence-electron chi connectivity index (χ2n) is 8.08. The smallest absolute Gasteiger partial charge is 0.271 e. The summed E-state index contributed by atoms with van der Waals surface area (Å²) >= 11 is 6.51. The molecule has 0 saturated carbocycles. The van der Waals surface area contributed by atoms with E-state index in [9.17, 15) is 24.1 Å². The van der Waals surface area contributed by atoms with E-state index in [1.165, 1.54) is 47.4 Å². The third-order valence-electron chi connectivity index (χ3n) is 5.64. The summed E-state index contributed by atoms with van der Waals surface area (Å²) in [5.74, 6) is -1.08. The van der Waals surface area contributed by atoms with Gasteiger partial charge in [0.15, 0.2) is 4.32 Å². The second kappa shape index (κ2) is 9.96. The molecular formula is C26H17FN4O4S2. The molecule has 0 aliphatic carbocycles. The van der Waals surface area contributed by atoms with Crippen LogP contribution in [0.4, 0.5) is 21.5 Å². The number of fused-ring (bicyclic) bond motifs is 1. The number of nitro benzene ring substituents is 1. The first kappa shape index (κ1) is 24.3. The first-order chi connectivity index (χ1) is 17.8. The number of thioether (sulfide) groups is 1. The van der Waals surface area contributed by atoms with Gasteiger partial charge in [-0.05, 0) is 42.5 Å². The van der Waals surface area contributed by atoms with Crippen LogP contribution in [0.1, 0.15) is 5.56 Å². The molecule has 1 aliphatic heterocycles. The van der Waals surface area contributed by atoms with Crippen molar-refractivity contribution in [3.63, 3.8) is 0 Å². The van der Waals surface area contributed by atoms with E-state index in [1.54, 1.807) is 22.9 Å². The second-order valence-corrected chi connectivity index (χ2v) is 9.75. The summed E-state index contributed by atoms with van der Waals surface area (Å²) in [6, 6.07) is 18.7. The molecule has 0 spiro atoms. The van der Waals surface area contributed by atoms with Gasteiger partial charge >= 0.3 is 0 Å². The van der Waals surface area contributed by atoms with Crippen LogP contribution in [0.25, 0.3) is 17.0 Å². The lowest BCUT2D eigenvalue weighted by atomic mass is 10.1. The van der Waals surface area contributed by atoms with Gasteiger partial charge in [-0.15, -0.1) is 0 Å². The zero-order chi connectivity index (χ0) is 26.1. The van der Waals surface area contributed by atoms with Gasteiger partial charge in [0.25, 0.3) is 11.6 Å². The van der Waals surface area contributed by atoms with Crippen molar-refractivity contribution in [2.75, 3.05) is 10.2 Å². The predicted octanol–water partition coefficient (Wildman–Crippen LogP) is 5.73. The minimum atomic E-state index is -0.530. The van der Waals surface area contributed by atoms with Crippen molar-refractivity contribution in [3.8, 4) is 0 Å². The van der Waals surface area contributed by atoms with Crippen molar-refractivity contribution in [3.05, 3.63) is 105 Å². The van der Waals surface area contributed by atoms with Gasteiger partial charge in [-0.25, -0.2) is 4.39 Å². The number of benzene rings is 3. The van der Waals surface area contributed by atoms with E-state index in [4.69, 9.17) is 12.2 Å². The van der Waals surface area contributed by atoms with Crippen molar-refractivity contribution < 1.29 is 18.9 Å². The fourth-order valence-electron chi connectivity index (χ4n) is 3.99. The molecule has 8 nitrogen and oxygen atoms in total. The number of non-ortho nitro benzene ring substituents is 1. The Morgan fingerprint density at radius 2 is 1.86 bits per heavy atom. The minimum absolute atomic E-state index is 0.000369. The Balaban J connectivity index is 1.43. The molecule has 0 unspecified atom stereocenters. The lowest BCUT2D eigenvalue weighted by Crippen LogP contribution is -2.27. The van der Waals surface area contributed by atoms with Gasteiger partial charge in [0.05, 0.1) is 15.5 Å². The molecule has 4 aromatic rings.